The predicted molar refractivity (Wildman–Crippen MR) is 97.4 cm³/mol. The van der Waals surface area contributed by atoms with E-state index in [-0.39, 0.29) is 0 Å². The summed E-state index contributed by atoms with van der Waals surface area (Å²) in [7, 11) is 0. The van der Waals surface area contributed by atoms with Crippen molar-refractivity contribution in [2.75, 3.05) is 13.1 Å². The van der Waals surface area contributed by atoms with Gasteiger partial charge in [-0.1, -0.05) is 45.6 Å². The Morgan fingerprint density at radius 2 is 1.27 bits per heavy atom. The minimum absolute atomic E-state index is 0.898. The molecule has 0 N–H and O–H groups in total. The van der Waals surface area contributed by atoms with E-state index in [9.17, 15) is 0 Å². The van der Waals surface area contributed by atoms with Gasteiger partial charge in [0.15, 0.2) is 0 Å². The summed E-state index contributed by atoms with van der Waals surface area (Å²) in [4.78, 5) is 14.0. The van der Waals surface area contributed by atoms with Crippen LogP contribution in [0.2, 0.25) is 0 Å². The summed E-state index contributed by atoms with van der Waals surface area (Å²) < 4.78 is 0. The van der Waals surface area contributed by atoms with E-state index in [2.05, 4.69) is 23.8 Å². The summed E-state index contributed by atoms with van der Waals surface area (Å²) in [5.41, 5.74) is 3.99. The number of unbranched alkanes of at least 4 members (excludes halogenated alkanes) is 4. The SMILES string of the molecule is CCCCC/N=C(\C)c1cccc(/C(C)=N/CCCCC)n1. The highest BCUT2D eigenvalue weighted by Gasteiger charge is 2.03. The van der Waals surface area contributed by atoms with E-state index in [1.165, 1.54) is 25.7 Å². The molecule has 0 spiro atoms. The maximum absolute atomic E-state index is 4.71. The lowest BCUT2D eigenvalue weighted by atomic mass is 10.2. The molecule has 22 heavy (non-hydrogen) atoms. The maximum Gasteiger partial charge on any atom is 0.0845 e. The molecule has 0 bridgehead atoms. The first-order valence-corrected chi connectivity index (χ1v) is 8.69. The van der Waals surface area contributed by atoms with Gasteiger partial charge in [0.25, 0.3) is 0 Å². The zero-order valence-electron chi connectivity index (χ0n) is 14.7. The second-order valence-electron chi connectivity index (χ2n) is 5.76. The first kappa shape index (κ1) is 18.5. The number of nitrogens with zero attached hydrogens (tertiary/aromatic N) is 3. The quantitative estimate of drug-likeness (QED) is 0.438. The van der Waals surface area contributed by atoms with E-state index < -0.39 is 0 Å². The minimum atomic E-state index is 0.898. The van der Waals surface area contributed by atoms with Gasteiger partial charge < -0.3 is 0 Å². The van der Waals surface area contributed by atoms with Crippen LogP contribution >= 0.6 is 0 Å². The van der Waals surface area contributed by atoms with Crippen LogP contribution < -0.4 is 0 Å². The number of aromatic nitrogens is 1. The second kappa shape index (κ2) is 11.1. The molecule has 3 nitrogen and oxygen atoms in total. The Morgan fingerprint density at radius 3 is 1.68 bits per heavy atom. The van der Waals surface area contributed by atoms with Crippen LogP contribution in [-0.4, -0.2) is 29.5 Å². The molecule has 0 saturated heterocycles. The van der Waals surface area contributed by atoms with Gasteiger partial charge in [0.1, 0.15) is 0 Å². The van der Waals surface area contributed by atoms with Gasteiger partial charge in [-0.15, -0.1) is 0 Å². The van der Waals surface area contributed by atoms with Crippen molar-refractivity contribution in [2.24, 2.45) is 9.98 Å². The van der Waals surface area contributed by atoms with Crippen LogP contribution in [-0.2, 0) is 0 Å². The largest absolute Gasteiger partial charge is 0.288 e. The summed E-state index contributed by atoms with van der Waals surface area (Å²) >= 11 is 0. The molecule has 122 valence electrons. The normalized spacial score (nSPS) is 12.7. The third kappa shape index (κ3) is 6.97. The van der Waals surface area contributed by atoms with Crippen molar-refractivity contribution in [3.63, 3.8) is 0 Å². The predicted octanol–water partition coefficient (Wildman–Crippen LogP) is 5.08. The molecule has 0 aliphatic rings. The Bertz CT molecular complexity index is 448. The maximum atomic E-state index is 4.71. The highest BCUT2D eigenvalue weighted by Crippen LogP contribution is 2.05. The standard InChI is InChI=1S/C19H31N3/c1-5-7-9-14-20-16(3)18-12-11-13-19(22-18)17(4)21-15-10-8-6-2/h11-13H,5-10,14-15H2,1-4H3/b20-16+,21-17+. The van der Waals surface area contributed by atoms with Crippen molar-refractivity contribution < 1.29 is 0 Å². The Morgan fingerprint density at radius 1 is 0.818 bits per heavy atom. The molecular formula is C19H31N3. The fourth-order valence-electron chi connectivity index (χ4n) is 2.22. The number of pyridine rings is 1. The van der Waals surface area contributed by atoms with E-state index in [4.69, 9.17) is 4.98 Å². The molecule has 0 aliphatic carbocycles. The first-order chi connectivity index (χ1) is 10.7. The monoisotopic (exact) mass is 301 g/mol. The van der Waals surface area contributed by atoms with Crippen molar-refractivity contribution in [2.45, 2.75) is 66.2 Å². The summed E-state index contributed by atoms with van der Waals surface area (Å²) in [6.45, 7) is 10.3. The Labute approximate surface area is 136 Å². The lowest BCUT2D eigenvalue weighted by molar-refractivity contribution is 0.727. The summed E-state index contributed by atoms with van der Waals surface area (Å²) in [6.07, 6.45) is 7.27. The summed E-state index contributed by atoms with van der Waals surface area (Å²) in [5.74, 6) is 0. The van der Waals surface area contributed by atoms with Gasteiger partial charge in [-0.25, -0.2) is 4.98 Å². The van der Waals surface area contributed by atoms with Crippen molar-refractivity contribution >= 4 is 11.4 Å². The fourth-order valence-corrected chi connectivity index (χ4v) is 2.22. The van der Waals surface area contributed by atoms with Gasteiger partial charge in [0.2, 0.25) is 0 Å². The topological polar surface area (TPSA) is 37.6 Å². The number of hydrogen-bond donors (Lipinski definition) is 0. The van der Waals surface area contributed by atoms with Crippen LogP contribution in [0.25, 0.3) is 0 Å². The molecule has 0 aromatic carbocycles. The van der Waals surface area contributed by atoms with Gasteiger partial charge in [0, 0.05) is 13.1 Å². The van der Waals surface area contributed by atoms with Gasteiger partial charge >= 0.3 is 0 Å². The third-order valence-electron chi connectivity index (χ3n) is 3.71. The van der Waals surface area contributed by atoms with Crippen LogP contribution in [0.1, 0.15) is 77.6 Å². The molecule has 1 aromatic heterocycles. The number of rotatable bonds is 10. The molecule has 1 heterocycles. The molecule has 0 fully saturated rings. The molecule has 3 heteroatoms. The smallest absolute Gasteiger partial charge is 0.0845 e. The van der Waals surface area contributed by atoms with E-state index >= 15 is 0 Å². The van der Waals surface area contributed by atoms with Gasteiger partial charge in [-0.05, 0) is 38.8 Å². The van der Waals surface area contributed by atoms with Crippen LogP contribution in [0.3, 0.4) is 0 Å². The Kier molecular flexibility index (Phi) is 9.36. The molecule has 0 unspecified atom stereocenters. The Hall–Kier alpha value is -1.51. The van der Waals surface area contributed by atoms with E-state index in [1.54, 1.807) is 0 Å². The first-order valence-electron chi connectivity index (χ1n) is 8.69. The molecule has 0 radical (unpaired) electrons. The fraction of sp³-hybridized carbons (Fsp3) is 0.632. The number of hydrogen-bond acceptors (Lipinski definition) is 3. The molecule has 0 aliphatic heterocycles. The molecule has 1 aromatic rings. The van der Waals surface area contributed by atoms with Crippen LogP contribution in [0.15, 0.2) is 28.2 Å². The highest BCUT2D eigenvalue weighted by atomic mass is 14.8. The van der Waals surface area contributed by atoms with Gasteiger partial charge in [-0.2, -0.15) is 0 Å². The molecular weight excluding hydrogens is 270 g/mol. The van der Waals surface area contributed by atoms with E-state index in [0.717, 1.165) is 48.7 Å². The third-order valence-corrected chi connectivity index (χ3v) is 3.71. The Balaban J connectivity index is 2.68. The van der Waals surface area contributed by atoms with Crippen molar-refractivity contribution in [3.05, 3.63) is 29.6 Å². The van der Waals surface area contributed by atoms with Crippen LogP contribution in [0, 0.1) is 0 Å². The van der Waals surface area contributed by atoms with Crippen molar-refractivity contribution in [3.8, 4) is 0 Å². The van der Waals surface area contributed by atoms with Crippen molar-refractivity contribution in [1.29, 1.82) is 0 Å². The van der Waals surface area contributed by atoms with Crippen molar-refractivity contribution in [1.82, 2.24) is 4.98 Å². The highest BCUT2D eigenvalue weighted by molar-refractivity contribution is 6.00. The average Bonchev–Trinajstić information content (AvgIpc) is 2.55. The molecule has 0 amide bonds. The zero-order valence-corrected chi connectivity index (χ0v) is 14.7. The molecule has 1 rings (SSSR count). The molecule has 0 saturated carbocycles. The second-order valence-corrected chi connectivity index (χ2v) is 5.76. The van der Waals surface area contributed by atoms with Gasteiger partial charge in [-0.3, -0.25) is 9.98 Å². The lowest BCUT2D eigenvalue weighted by Crippen LogP contribution is -2.06. The van der Waals surface area contributed by atoms with E-state index in [1.807, 2.05) is 32.0 Å². The zero-order chi connectivity index (χ0) is 16.2. The van der Waals surface area contributed by atoms with Crippen LogP contribution in [0.4, 0.5) is 0 Å². The summed E-state index contributed by atoms with van der Waals surface area (Å²) in [6, 6.07) is 6.12. The minimum Gasteiger partial charge on any atom is -0.288 e. The summed E-state index contributed by atoms with van der Waals surface area (Å²) in [5, 5.41) is 0. The van der Waals surface area contributed by atoms with Crippen LogP contribution in [0.5, 0.6) is 0 Å². The average molecular weight is 301 g/mol. The van der Waals surface area contributed by atoms with E-state index in [0.29, 0.717) is 0 Å². The van der Waals surface area contributed by atoms with Gasteiger partial charge in [0.05, 0.1) is 22.8 Å². The molecule has 0 atom stereocenters. The lowest BCUT2D eigenvalue weighted by Gasteiger charge is -2.05. The number of aliphatic imine (C=N–C) groups is 2.